The van der Waals surface area contributed by atoms with Gasteiger partial charge in [-0.25, -0.2) is 0 Å². The van der Waals surface area contributed by atoms with Crippen LogP contribution in [-0.2, 0) is 9.47 Å². The van der Waals surface area contributed by atoms with Gasteiger partial charge in [-0.3, -0.25) is 0 Å². The van der Waals surface area contributed by atoms with Gasteiger partial charge in [0.1, 0.15) is 5.76 Å². The average molecular weight is 583 g/mol. The summed E-state index contributed by atoms with van der Waals surface area (Å²) in [4.78, 5) is 0.0442. The van der Waals surface area contributed by atoms with Gasteiger partial charge >= 0.3 is 0 Å². The van der Waals surface area contributed by atoms with Crippen LogP contribution in [0.4, 0.5) is 0 Å². The smallest absolute Gasteiger partial charge is 0.236 e. The Morgan fingerprint density at radius 3 is 1.90 bits per heavy atom. The highest BCUT2D eigenvalue weighted by molar-refractivity contribution is 9.11. The molecule has 4 aliphatic rings. The van der Waals surface area contributed by atoms with Crippen molar-refractivity contribution in [2.45, 2.75) is 46.5 Å². The summed E-state index contributed by atoms with van der Waals surface area (Å²) >= 11 is 12.0. The second-order valence-corrected chi connectivity index (χ2v) is 11.2. The number of hydrogen-bond donors (Lipinski definition) is 0. The van der Waals surface area contributed by atoms with E-state index in [1.54, 1.807) is 7.11 Å². The first-order valence-corrected chi connectivity index (χ1v) is 12.7. The van der Waals surface area contributed by atoms with Crippen molar-refractivity contribution in [3.05, 3.63) is 82.0 Å². The molecule has 4 unspecified atom stereocenters. The van der Waals surface area contributed by atoms with Gasteiger partial charge in [-0.15, -0.1) is 0 Å². The first-order chi connectivity index (χ1) is 14.1. The molecule has 152 valence electrons. The Kier molecular flexibility index (Phi) is 5.25. The SMILES string of the molecule is COC12OC3=C(Br)CCCC3(C(c3ccccc3)C1Br)C(c1ccccc1)C2Br. The van der Waals surface area contributed by atoms with Crippen LogP contribution in [0.3, 0.4) is 0 Å². The van der Waals surface area contributed by atoms with Gasteiger partial charge in [-0.05, 0) is 30.4 Å². The molecule has 2 saturated heterocycles. The normalized spacial score (nSPS) is 38.5. The molecule has 2 aromatic carbocycles. The van der Waals surface area contributed by atoms with E-state index >= 15 is 0 Å². The van der Waals surface area contributed by atoms with E-state index in [-0.39, 0.29) is 26.9 Å². The second kappa shape index (κ2) is 7.51. The maximum absolute atomic E-state index is 6.77. The lowest BCUT2D eigenvalue weighted by atomic mass is 9.49. The van der Waals surface area contributed by atoms with Crippen LogP contribution in [0.5, 0.6) is 0 Å². The topological polar surface area (TPSA) is 18.5 Å². The van der Waals surface area contributed by atoms with E-state index in [9.17, 15) is 0 Å². The Morgan fingerprint density at radius 2 is 1.41 bits per heavy atom. The van der Waals surface area contributed by atoms with Gasteiger partial charge < -0.3 is 9.47 Å². The van der Waals surface area contributed by atoms with Crippen molar-refractivity contribution in [3.63, 3.8) is 0 Å². The van der Waals surface area contributed by atoms with Crippen LogP contribution in [-0.4, -0.2) is 22.6 Å². The molecule has 29 heavy (non-hydrogen) atoms. The predicted octanol–water partition coefficient (Wildman–Crippen LogP) is 7.24. The van der Waals surface area contributed by atoms with E-state index in [4.69, 9.17) is 9.47 Å². The largest absolute Gasteiger partial charge is 0.463 e. The molecule has 0 radical (unpaired) electrons. The molecule has 0 N–H and O–H groups in total. The van der Waals surface area contributed by atoms with Gasteiger partial charge in [0.15, 0.2) is 0 Å². The van der Waals surface area contributed by atoms with Crippen LogP contribution < -0.4 is 0 Å². The van der Waals surface area contributed by atoms with Gasteiger partial charge in [-0.1, -0.05) is 108 Å². The van der Waals surface area contributed by atoms with Crippen molar-refractivity contribution >= 4 is 47.8 Å². The summed E-state index contributed by atoms with van der Waals surface area (Å²) in [7, 11) is 1.77. The number of halogens is 3. The van der Waals surface area contributed by atoms with Crippen molar-refractivity contribution < 1.29 is 9.47 Å². The van der Waals surface area contributed by atoms with E-state index in [0.29, 0.717) is 0 Å². The highest BCUT2D eigenvalue weighted by Crippen LogP contribution is 2.73. The summed E-state index contributed by atoms with van der Waals surface area (Å²) in [5.41, 5.74) is 2.51. The molecule has 2 heterocycles. The first kappa shape index (κ1) is 20.3. The Morgan fingerprint density at radius 1 is 0.897 bits per heavy atom. The maximum Gasteiger partial charge on any atom is 0.236 e. The molecule has 2 bridgehead atoms. The Hall–Kier alpha value is -0.620. The molecular weight excluding hydrogens is 560 g/mol. The molecule has 1 saturated carbocycles. The van der Waals surface area contributed by atoms with Crippen molar-refractivity contribution in [1.82, 2.24) is 0 Å². The van der Waals surface area contributed by atoms with Gasteiger partial charge in [0.05, 0.1) is 9.65 Å². The quantitative estimate of drug-likeness (QED) is 0.355. The van der Waals surface area contributed by atoms with Crippen molar-refractivity contribution in [2.75, 3.05) is 7.11 Å². The molecule has 3 fully saturated rings. The number of rotatable bonds is 3. The van der Waals surface area contributed by atoms with Crippen molar-refractivity contribution in [1.29, 1.82) is 0 Å². The fourth-order valence-electron chi connectivity index (χ4n) is 5.88. The lowest BCUT2D eigenvalue weighted by molar-refractivity contribution is -0.273. The van der Waals surface area contributed by atoms with Crippen LogP contribution in [0.1, 0.15) is 42.2 Å². The predicted molar refractivity (Wildman–Crippen MR) is 127 cm³/mol. The molecule has 2 aliphatic heterocycles. The standard InChI is InChI=1S/C24H23Br3O2/c1-28-24-20(26)18(15-9-4-2-5-10-15)23(14-8-13-17(25)22(23)29-24)19(21(24)27)16-11-6-3-7-12-16/h2-7,9-12,18-21H,8,13-14H2,1H3. The second-order valence-electron chi connectivity index (χ2n) is 8.24. The molecule has 0 aromatic heterocycles. The summed E-state index contributed by atoms with van der Waals surface area (Å²) in [6.45, 7) is 0. The van der Waals surface area contributed by atoms with Crippen LogP contribution in [0.2, 0.25) is 0 Å². The van der Waals surface area contributed by atoms with Gasteiger partial charge in [0, 0.05) is 28.8 Å². The monoisotopic (exact) mass is 580 g/mol. The molecule has 2 nitrogen and oxygen atoms in total. The number of benzene rings is 2. The third-order valence-electron chi connectivity index (χ3n) is 7.02. The zero-order chi connectivity index (χ0) is 20.2. The average Bonchev–Trinajstić information content (AvgIpc) is 2.75. The Bertz CT molecular complexity index is 874. The molecule has 5 heteroatoms. The highest BCUT2D eigenvalue weighted by Gasteiger charge is 2.73. The molecule has 4 atom stereocenters. The minimum Gasteiger partial charge on any atom is -0.463 e. The fraction of sp³-hybridized carbons (Fsp3) is 0.417. The van der Waals surface area contributed by atoms with E-state index in [1.807, 2.05) is 0 Å². The van der Waals surface area contributed by atoms with Crippen LogP contribution >= 0.6 is 47.8 Å². The van der Waals surface area contributed by atoms with E-state index in [2.05, 4.69) is 108 Å². The van der Waals surface area contributed by atoms with Crippen molar-refractivity contribution in [3.8, 4) is 0 Å². The maximum atomic E-state index is 6.77. The zero-order valence-electron chi connectivity index (χ0n) is 16.2. The number of fused-ring (bicyclic) bond motifs is 2. The molecule has 6 rings (SSSR count). The fourth-order valence-corrected chi connectivity index (χ4v) is 9.65. The van der Waals surface area contributed by atoms with E-state index < -0.39 is 5.79 Å². The number of ether oxygens (including phenoxy) is 2. The van der Waals surface area contributed by atoms with Crippen LogP contribution in [0, 0.1) is 5.41 Å². The molecule has 1 spiro atoms. The van der Waals surface area contributed by atoms with Crippen molar-refractivity contribution in [2.24, 2.45) is 5.41 Å². The summed E-state index contributed by atoms with van der Waals surface area (Å²) < 4.78 is 14.2. The van der Waals surface area contributed by atoms with Gasteiger partial charge in [0.25, 0.3) is 0 Å². The number of alkyl halides is 2. The Labute approximate surface area is 197 Å². The lowest BCUT2D eigenvalue weighted by Gasteiger charge is -2.67. The third kappa shape index (κ3) is 2.73. The van der Waals surface area contributed by atoms with Gasteiger partial charge in [-0.2, -0.15) is 0 Å². The molecule has 2 aliphatic carbocycles. The lowest BCUT2D eigenvalue weighted by Crippen LogP contribution is -2.70. The van der Waals surface area contributed by atoms with E-state index in [0.717, 1.165) is 25.0 Å². The molecular formula is C24H23Br3O2. The third-order valence-corrected chi connectivity index (χ3v) is 10.1. The Balaban J connectivity index is 1.83. The van der Waals surface area contributed by atoms with Crippen LogP contribution in [0.25, 0.3) is 0 Å². The van der Waals surface area contributed by atoms with Crippen LogP contribution in [0.15, 0.2) is 70.9 Å². The van der Waals surface area contributed by atoms with E-state index in [1.165, 1.54) is 15.6 Å². The summed E-state index contributed by atoms with van der Waals surface area (Å²) in [5, 5.41) is 0. The number of hydrogen-bond acceptors (Lipinski definition) is 2. The number of allylic oxidation sites excluding steroid dienone is 2. The number of methoxy groups -OCH3 is 1. The highest BCUT2D eigenvalue weighted by atomic mass is 79.9. The zero-order valence-corrected chi connectivity index (χ0v) is 20.9. The minimum absolute atomic E-state index is 0.0221. The summed E-state index contributed by atoms with van der Waals surface area (Å²) in [5.74, 6) is 0.757. The summed E-state index contributed by atoms with van der Waals surface area (Å²) in [6.07, 6.45) is 3.24. The summed E-state index contributed by atoms with van der Waals surface area (Å²) in [6, 6.07) is 21.7. The minimum atomic E-state index is -0.797. The first-order valence-electron chi connectivity index (χ1n) is 10.1. The molecule has 2 aromatic rings. The van der Waals surface area contributed by atoms with Gasteiger partial charge in [0.2, 0.25) is 5.79 Å². The molecule has 0 amide bonds.